The molecule has 0 saturated carbocycles. The number of nitrogens with zero attached hydrogens (tertiary/aromatic N) is 4. The van der Waals surface area contributed by atoms with Gasteiger partial charge in [0.15, 0.2) is 0 Å². The standard InChI is InChI=1S/C18H22N4/c1-13-15(3)21(11-19-13)9-17-5-7-18(8-6-17)10-22-12-20-14(2)16(22)4/h5-8,11-12H,9-10H2,1-4H3. The number of hydrogen-bond acceptors (Lipinski definition) is 2. The summed E-state index contributed by atoms with van der Waals surface area (Å²) in [5, 5.41) is 0. The Morgan fingerprint density at radius 3 is 1.32 bits per heavy atom. The number of rotatable bonds is 4. The van der Waals surface area contributed by atoms with Crippen molar-refractivity contribution in [2.75, 3.05) is 0 Å². The molecule has 0 aliphatic heterocycles. The van der Waals surface area contributed by atoms with Gasteiger partial charge in [0.1, 0.15) is 0 Å². The van der Waals surface area contributed by atoms with Gasteiger partial charge in [-0.25, -0.2) is 9.97 Å². The molecule has 4 nitrogen and oxygen atoms in total. The number of aryl methyl sites for hydroxylation is 2. The Bertz CT molecular complexity index is 711. The first kappa shape index (κ1) is 14.6. The predicted octanol–water partition coefficient (Wildman–Crippen LogP) is 3.41. The lowest BCUT2D eigenvalue weighted by molar-refractivity contribution is 0.758. The molecule has 0 bridgehead atoms. The van der Waals surface area contributed by atoms with Crippen molar-refractivity contribution >= 4 is 0 Å². The van der Waals surface area contributed by atoms with Crippen LogP contribution in [0.15, 0.2) is 36.9 Å². The topological polar surface area (TPSA) is 35.6 Å². The summed E-state index contributed by atoms with van der Waals surface area (Å²) in [6.07, 6.45) is 3.83. The molecule has 2 heterocycles. The van der Waals surface area contributed by atoms with Crippen molar-refractivity contribution in [2.45, 2.75) is 40.8 Å². The van der Waals surface area contributed by atoms with Gasteiger partial charge in [-0.3, -0.25) is 0 Å². The zero-order valence-electron chi connectivity index (χ0n) is 13.7. The van der Waals surface area contributed by atoms with Crippen molar-refractivity contribution in [3.63, 3.8) is 0 Å². The molecule has 0 aliphatic rings. The Hall–Kier alpha value is -2.36. The van der Waals surface area contributed by atoms with Crippen LogP contribution in [0.4, 0.5) is 0 Å². The quantitative estimate of drug-likeness (QED) is 0.739. The van der Waals surface area contributed by atoms with Gasteiger partial charge in [-0.2, -0.15) is 0 Å². The molecule has 0 N–H and O–H groups in total. The maximum Gasteiger partial charge on any atom is 0.0954 e. The second kappa shape index (κ2) is 5.79. The third kappa shape index (κ3) is 2.82. The van der Waals surface area contributed by atoms with Crippen LogP contribution < -0.4 is 0 Å². The van der Waals surface area contributed by atoms with Crippen LogP contribution in [-0.2, 0) is 13.1 Å². The Morgan fingerprint density at radius 1 is 0.682 bits per heavy atom. The molecular formula is C18H22N4. The van der Waals surface area contributed by atoms with E-state index in [0.717, 1.165) is 24.5 Å². The average molecular weight is 294 g/mol. The second-order valence-corrected chi connectivity index (χ2v) is 5.90. The van der Waals surface area contributed by atoms with Crippen molar-refractivity contribution in [2.24, 2.45) is 0 Å². The fourth-order valence-corrected chi connectivity index (χ4v) is 2.55. The second-order valence-electron chi connectivity index (χ2n) is 5.90. The molecule has 3 rings (SSSR count). The van der Waals surface area contributed by atoms with Gasteiger partial charge in [-0.05, 0) is 38.8 Å². The van der Waals surface area contributed by atoms with Crippen LogP contribution in [0, 0.1) is 27.7 Å². The van der Waals surface area contributed by atoms with Gasteiger partial charge in [0.2, 0.25) is 0 Å². The average Bonchev–Trinajstić information content (AvgIpc) is 3.00. The summed E-state index contributed by atoms with van der Waals surface area (Å²) in [5.74, 6) is 0. The zero-order valence-corrected chi connectivity index (χ0v) is 13.7. The monoisotopic (exact) mass is 294 g/mol. The summed E-state index contributed by atoms with van der Waals surface area (Å²) >= 11 is 0. The minimum atomic E-state index is 0.871. The highest BCUT2D eigenvalue weighted by Gasteiger charge is 2.05. The van der Waals surface area contributed by atoms with E-state index in [-0.39, 0.29) is 0 Å². The largest absolute Gasteiger partial charge is 0.330 e. The van der Waals surface area contributed by atoms with Crippen molar-refractivity contribution in [3.8, 4) is 0 Å². The van der Waals surface area contributed by atoms with Crippen molar-refractivity contribution in [1.82, 2.24) is 19.1 Å². The van der Waals surface area contributed by atoms with E-state index in [2.05, 4.69) is 57.2 Å². The van der Waals surface area contributed by atoms with E-state index >= 15 is 0 Å². The number of aromatic nitrogens is 4. The highest BCUT2D eigenvalue weighted by atomic mass is 15.1. The number of hydrogen-bond donors (Lipinski definition) is 0. The highest BCUT2D eigenvalue weighted by molar-refractivity contribution is 5.24. The molecule has 3 aromatic rings. The maximum atomic E-state index is 4.35. The van der Waals surface area contributed by atoms with E-state index in [9.17, 15) is 0 Å². The first-order chi connectivity index (χ1) is 10.5. The smallest absolute Gasteiger partial charge is 0.0954 e. The van der Waals surface area contributed by atoms with Gasteiger partial charge in [0.05, 0.1) is 24.0 Å². The molecule has 0 radical (unpaired) electrons. The SMILES string of the molecule is Cc1ncn(Cc2ccc(Cn3cnc(C)c3C)cc2)c1C. The van der Waals surface area contributed by atoms with Crippen LogP contribution >= 0.6 is 0 Å². The van der Waals surface area contributed by atoms with E-state index in [1.54, 1.807) is 0 Å². The molecular weight excluding hydrogens is 272 g/mol. The lowest BCUT2D eigenvalue weighted by Crippen LogP contribution is -2.03. The molecule has 4 heteroatoms. The van der Waals surface area contributed by atoms with Gasteiger partial charge < -0.3 is 9.13 Å². The summed E-state index contributed by atoms with van der Waals surface area (Å²) in [5.41, 5.74) is 7.25. The Morgan fingerprint density at radius 2 is 1.05 bits per heavy atom. The predicted molar refractivity (Wildman–Crippen MR) is 88.0 cm³/mol. The summed E-state index contributed by atoms with van der Waals surface area (Å²) in [7, 11) is 0. The highest BCUT2D eigenvalue weighted by Crippen LogP contribution is 2.13. The van der Waals surface area contributed by atoms with Crippen LogP contribution in [0.3, 0.4) is 0 Å². The molecule has 0 atom stereocenters. The maximum absolute atomic E-state index is 4.35. The molecule has 0 unspecified atom stereocenters. The Balaban J connectivity index is 1.73. The molecule has 22 heavy (non-hydrogen) atoms. The van der Waals surface area contributed by atoms with E-state index in [1.807, 2.05) is 26.5 Å². The molecule has 0 spiro atoms. The number of imidazole rings is 2. The summed E-state index contributed by atoms with van der Waals surface area (Å²) in [4.78, 5) is 8.70. The minimum absolute atomic E-state index is 0.871. The van der Waals surface area contributed by atoms with Crippen LogP contribution in [-0.4, -0.2) is 19.1 Å². The molecule has 0 aliphatic carbocycles. The van der Waals surface area contributed by atoms with E-state index in [4.69, 9.17) is 0 Å². The molecule has 1 aromatic carbocycles. The third-order valence-corrected chi connectivity index (χ3v) is 4.42. The van der Waals surface area contributed by atoms with E-state index in [0.29, 0.717) is 0 Å². The molecule has 0 fully saturated rings. The Labute approximate surface area is 131 Å². The Kier molecular flexibility index (Phi) is 3.84. The molecule has 2 aromatic heterocycles. The van der Waals surface area contributed by atoms with Crippen molar-refractivity contribution < 1.29 is 0 Å². The van der Waals surface area contributed by atoms with Gasteiger partial charge in [0.25, 0.3) is 0 Å². The summed E-state index contributed by atoms with van der Waals surface area (Å²) in [6, 6.07) is 8.79. The van der Waals surface area contributed by atoms with Crippen molar-refractivity contribution in [1.29, 1.82) is 0 Å². The van der Waals surface area contributed by atoms with Crippen molar-refractivity contribution in [3.05, 3.63) is 70.8 Å². The van der Waals surface area contributed by atoms with Crippen LogP contribution in [0.1, 0.15) is 33.9 Å². The fraction of sp³-hybridized carbons (Fsp3) is 0.333. The van der Waals surface area contributed by atoms with Crippen LogP contribution in [0.5, 0.6) is 0 Å². The summed E-state index contributed by atoms with van der Waals surface area (Å²) < 4.78 is 4.38. The normalized spacial score (nSPS) is 11.1. The fourth-order valence-electron chi connectivity index (χ4n) is 2.55. The molecule has 0 amide bonds. The van der Waals surface area contributed by atoms with E-state index in [1.165, 1.54) is 22.5 Å². The minimum Gasteiger partial charge on any atom is -0.330 e. The number of benzene rings is 1. The molecule has 0 saturated heterocycles. The van der Waals surface area contributed by atoms with Gasteiger partial charge in [0, 0.05) is 24.5 Å². The van der Waals surface area contributed by atoms with Gasteiger partial charge >= 0.3 is 0 Å². The summed E-state index contributed by atoms with van der Waals surface area (Å²) in [6.45, 7) is 10.1. The van der Waals surface area contributed by atoms with Gasteiger partial charge in [-0.1, -0.05) is 24.3 Å². The third-order valence-electron chi connectivity index (χ3n) is 4.42. The lowest BCUT2D eigenvalue weighted by atomic mass is 10.1. The van der Waals surface area contributed by atoms with Gasteiger partial charge in [-0.15, -0.1) is 0 Å². The zero-order chi connectivity index (χ0) is 15.7. The molecule has 114 valence electrons. The van der Waals surface area contributed by atoms with E-state index < -0.39 is 0 Å². The lowest BCUT2D eigenvalue weighted by Gasteiger charge is -2.09. The first-order valence-electron chi connectivity index (χ1n) is 7.59. The van der Waals surface area contributed by atoms with Crippen LogP contribution in [0.25, 0.3) is 0 Å². The van der Waals surface area contributed by atoms with Crippen LogP contribution in [0.2, 0.25) is 0 Å². The first-order valence-corrected chi connectivity index (χ1v) is 7.59.